The van der Waals surface area contributed by atoms with Crippen LogP contribution < -0.4 is 16.6 Å². The summed E-state index contributed by atoms with van der Waals surface area (Å²) >= 11 is 0. The molecule has 20 heavy (non-hydrogen) atoms. The van der Waals surface area contributed by atoms with Crippen molar-refractivity contribution in [1.82, 2.24) is 10.2 Å². The summed E-state index contributed by atoms with van der Waals surface area (Å²) in [5.74, 6) is 5.39. The van der Waals surface area contributed by atoms with Crippen LogP contribution in [0.1, 0.15) is 35.7 Å². The van der Waals surface area contributed by atoms with E-state index in [2.05, 4.69) is 15.6 Å². The predicted molar refractivity (Wildman–Crippen MR) is 81.6 cm³/mol. The van der Waals surface area contributed by atoms with Gasteiger partial charge in [0.15, 0.2) is 0 Å². The number of nitrogens with zero attached hydrogens (tertiary/aromatic N) is 1. The number of nitrogen functional groups attached to an aromatic ring is 1. The van der Waals surface area contributed by atoms with E-state index in [1.807, 2.05) is 32.0 Å². The van der Waals surface area contributed by atoms with Gasteiger partial charge in [-0.15, -0.1) is 0 Å². The van der Waals surface area contributed by atoms with Crippen molar-refractivity contribution in [3.8, 4) is 0 Å². The zero-order valence-corrected chi connectivity index (χ0v) is 12.3. The van der Waals surface area contributed by atoms with Crippen LogP contribution in [-0.4, -0.2) is 36.5 Å². The van der Waals surface area contributed by atoms with Crippen LogP contribution in [0.4, 0.5) is 5.69 Å². The number of hydrogen-bond donors (Lipinski definition) is 3. The molecule has 1 aromatic carbocycles. The van der Waals surface area contributed by atoms with Crippen LogP contribution in [0.2, 0.25) is 0 Å². The molecule has 1 aliphatic rings. The number of nitrogens with two attached hydrogens (primary N) is 1. The number of nitrogens with one attached hydrogen (secondary N) is 2. The molecule has 0 radical (unpaired) electrons. The van der Waals surface area contributed by atoms with E-state index >= 15 is 0 Å². The van der Waals surface area contributed by atoms with E-state index in [4.69, 9.17) is 5.84 Å². The molecule has 4 N–H and O–H groups in total. The first-order chi connectivity index (χ1) is 9.60. The van der Waals surface area contributed by atoms with E-state index in [0.29, 0.717) is 11.3 Å². The van der Waals surface area contributed by atoms with Gasteiger partial charge in [-0.25, -0.2) is 0 Å². The minimum absolute atomic E-state index is 0.0756. The van der Waals surface area contributed by atoms with Gasteiger partial charge in [-0.2, -0.15) is 0 Å². The normalized spacial score (nSPS) is 16.9. The number of rotatable bonds is 5. The Morgan fingerprint density at radius 3 is 2.75 bits per heavy atom. The summed E-state index contributed by atoms with van der Waals surface area (Å²) in [7, 11) is 0. The molecule has 1 aromatic rings. The number of amides is 1. The van der Waals surface area contributed by atoms with E-state index in [-0.39, 0.29) is 11.9 Å². The Morgan fingerprint density at radius 2 is 2.10 bits per heavy atom. The predicted octanol–water partition coefficient (Wildman–Crippen LogP) is 1.49. The molecule has 1 saturated heterocycles. The maximum absolute atomic E-state index is 12.3. The van der Waals surface area contributed by atoms with Gasteiger partial charge in [0.2, 0.25) is 0 Å². The zero-order chi connectivity index (χ0) is 14.5. The largest absolute Gasteiger partial charge is 0.348 e. The van der Waals surface area contributed by atoms with Gasteiger partial charge in [0.25, 0.3) is 5.91 Å². The smallest absolute Gasteiger partial charge is 0.253 e. The molecular weight excluding hydrogens is 252 g/mol. The Kier molecular flexibility index (Phi) is 4.98. The van der Waals surface area contributed by atoms with Crippen LogP contribution >= 0.6 is 0 Å². The third-order valence-corrected chi connectivity index (χ3v) is 3.68. The minimum Gasteiger partial charge on any atom is -0.348 e. The number of anilines is 1. The third-order valence-electron chi connectivity index (χ3n) is 3.68. The molecule has 110 valence electrons. The Balaban J connectivity index is 1.98. The highest BCUT2D eigenvalue weighted by atomic mass is 16.1. The quantitative estimate of drug-likeness (QED) is 0.563. The minimum atomic E-state index is -0.0756. The van der Waals surface area contributed by atoms with Crippen molar-refractivity contribution in [2.75, 3.05) is 25.1 Å². The van der Waals surface area contributed by atoms with E-state index in [1.54, 1.807) is 0 Å². The summed E-state index contributed by atoms with van der Waals surface area (Å²) in [5.41, 5.74) is 4.87. The Morgan fingerprint density at radius 1 is 1.40 bits per heavy atom. The number of carbonyl (C=O) groups excluding carboxylic acids is 1. The maximum Gasteiger partial charge on any atom is 0.253 e. The van der Waals surface area contributed by atoms with Crippen molar-refractivity contribution >= 4 is 11.6 Å². The topological polar surface area (TPSA) is 70.4 Å². The first-order valence-electron chi connectivity index (χ1n) is 7.20. The summed E-state index contributed by atoms with van der Waals surface area (Å²) < 4.78 is 0. The van der Waals surface area contributed by atoms with Crippen molar-refractivity contribution in [2.45, 2.75) is 32.7 Å². The van der Waals surface area contributed by atoms with Crippen LogP contribution in [0.3, 0.4) is 0 Å². The highest BCUT2D eigenvalue weighted by Gasteiger charge is 2.18. The molecule has 1 unspecified atom stereocenters. The fourth-order valence-corrected chi connectivity index (χ4v) is 2.67. The molecule has 5 nitrogen and oxygen atoms in total. The Bertz CT molecular complexity index is 469. The molecule has 5 heteroatoms. The highest BCUT2D eigenvalue weighted by Crippen LogP contribution is 2.16. The first kappa shape index (κ1) is 14.8. The summed E-state index contributed by atoms with van der Waals surface area (Å²) in [6.45, 7) is 7.19. The second kappa shape index (κ2) is 6.72. The summed E-state index contributed by atoms with van der Waals surface area (Å²) in [6, 6.07) is 5.74. The first-order valence-corrected chi connectivity index (χ1v) is 7.20. The van der Waals surface area contributed by atoms with Crippen LogP contribution in [0.5, 0.6) is 0 Å². The standard InChI is InChI=1S/C15H24N4O/c1-11-5-6-14(18-16)13(9-11)15(20)17-12(2)10-19-7-3-4-8-19/h5-6,9,12,18H,3-4,7-8,10,16H2,1-2H3,(H,17,20). The average molecular weight is 276 g/mol. The van der Waals surface area contributed by atoms with Crippen LogP contribution in [-0.2, 0) is 0 Å². The van der Waals surface area contributed by atoms with Gasteiger partial charge >= 0.3 is 0 Å². The fraction of sp³-hybridized carbons (Fsp3) is 0.533. The van der Waals surface area contributed by atoms with Gasteiger partial charge in [0.05, 0.1) is 11.3 Å². The SMILES string of the molecule is Cc1ccc(NN)c(C(=O)NC(C)CN2CCCC2)c1. The van der Waals surface area contributed by atoms with Gasteiger partial charge in [-0.05, 0) is 51.9 Å². The Labute approximate surface area is 120 Å². The fourth-order valence-electron chi connectivity index (χ4n) is 2.67. The summed E-state index contributed by atoms with van der Waals surface area (Å²) in [6.07, 6.45) is 2.53. The lowest BCUT2D eigenvalue weighted by Crippen LogP contribution is -2.41. The maximum atomic E-state index is 12.3. The molecule has 1 atom stereocenters. The molecule has 1 fully saturated rings. The van der Waals surface area contributed by atoms with Crippen LogP contribution in [0.25, 0.3) is 0 Å². The van der Waals surface area contributed by atoms with E-state index in [1.165, 1.54) is 12.8 Å². The molecule has 1 heterocycles. The van der Waals surface area contributed by atoms with Crippen molar-refractivity contribution in [1.29, 1.82) is 0 Å². The van der Waals surface area contributed by atoms with Gasteiger partial charge in [-0.1, -0.05) is 11.6 Å². The second-order valence-electron chi connectivity index (χ2n) is 5.58. The molecule has 0 bridgehead atoms. The number of aryl methyl sites for hydroxylation is 1. The number of likely N-dealkylation sites (tertiary alicyclic amines) is 1. The number of carbonyl (C=O) groups is 1. The number of hydrogen-bond acceptors (Lipinski definition) is 4. The average Bonchev–Trinajstić information content (AvgIpc) is 2.91. The molecule has 0 aliphatic carbocycles. The van der Waals surface area contributed by atoms with Gasteiger partial charge in [0, 0.05) is 12.6 Å². The molecular formula is C15H24N4O. The monoisotopic (exact) mass is 276 g/mol. The third kappa shape index (κ3) is 3.71. The number of benzene rings is 1. The van der Waals surface area contributed by atoms with Crippen molar-refractivity contribution < 1.29 is 4.79 Å². The molecule has 2 rings (SSSR count). The molecule has 1 aliphatic heterocycles. The lowest BCUT2D eigenvalue weighted by atomic mass is 10.1. The number of hydrazine groups is 1. The zero-order valence-electron chi connectivity index (χ0n) is 12.3. The molecule has 0 spiro atoms. The molecule has 0 saturated carbocycles. The van der Waals surface area contributed by atoms with Crippen molar-refractivity contribution in [3.05, 3.63) is 29.3 Å². The van der Waals surface area contributed by atoms with Crippen LogP contribution in [0, 0.1) is 6.92 Å². The van der Waals surface area contributed by atoms with E-state index in [0.717, 1.165) is 25.2 Å². The summed E-state index contributed by atoms with van der Waals surface area (Å²) in [5, 5.41) is 3.05. The second-order valence-corrected chi connectivity index (χ2v) is 5.58. The molecule has 1 amide bonds. The van der Waals surface area contributed by atoms with Crippen molar-refractivity contribution in [3.63, 3.8) is 0 Å². The lowest BCUT2D eigenvalue weighted by molar-refractivity contribution is 0.0932. The molecule has 0 aromatic heterocycles. The van der Waals surface area contributed by atoms with Crippen LogP contribution in [0.15, 0.2) is 18.2 Å². The van der Waals surface area contributed by atoms with E-state index < -0.39 is 0 Å². The van der Waals surface area contributed by atoms with Gasteiger partial charge in [-0.3, -0.25) is 10.6 Å². The van der Waals surface area contributed by atoms with Gasteiger partial charge in [0.1, 0.15) is 0 Å². The highest BCUT2D eigenvalue weighted by molar-refractivity contribution is 5.99. The van der Waals surface area contributed by atoms with Crippen molar-refractivity contribution in [2.24, 2.45) is 5.84 Å². The summed E-state index contributed by atoms with van der Waals surface area (Å²) in [4.78, 5) is 14.7. The van der Waals surface area contributed by atoms with Gasteiger partial charge < -0.3 is 15.6 Å². The lowest BCUT2D eigenvalue weighted by Gasteiger charge is -2.21. The Hall–Kier alpha value is -1.59. The van der Waals surface area contributed by atoms with E-state index in [9.17, 15) is 4.79 Å².